The highest BCUT2D eigenvalue weighted by molar-refractivity contribution is 5.86. The quantitative estimate of drug-likeness (QED) is 0.445. The maximum atomic E-state index is 12.9. The topological polar surface area (TPSA) is 46.5 Å². The second-order valence-electron chi connectivity index (χ2n) is 15.2. The standard InChI is InChI=1S/C31H52O3/c1-20(9-12-25(34-8)27(4,5)33)21-13-15-29(7)23-11-10-22-26(2,3)24(32)14-16-30(22)19-31(23,30)18-17-28(21,29)6/h20-23,25,33H,9-19H2,1-8H3/t20-,21-,22+,23+,25?,28-,29+,30-,31+/m1/s1. The van der Waals surface area contributed by atoms with Crippen LogP contribution in [-0.4, -0.2) is 29.7 Å². The summed E-state index contributed by atoms with van der Waals surface area (Å²) in [5.41, 5.74) is 0.951. The maximum absolute atomic E-state index is 12.9. The molecule has 5 aliphatic carbocycles. The molecule has 2 spiro atoms. The van der Waals surface area contributed by atoms with Gasteiger partial charge in [-0.25, -0.2) is 0 Å². The van der Waals surface area contributed by atoms with Crippen molar-refractivity contribution in [1.82, 2.24) is 0 Å². The third kappa shape index (κ3) is 3.04. The van der Waals surface area contributed by atoms with Crippen molar-refractivity contribution in [1.29, 1.82) is 0 Å². The molecule has 0 heterocycles. The average molecular weight is 473 g/mol. The van der Waals surface area contributed by atoms with Crippen molar-refractivity contribution < 1.29 is 14.6 Å². The highest BCUT2D eigenvalue weighted by Gasteiger charge is 2.82. The Morgan fingerprint density at radius 2 is 1.59 bits per heavy atom. The lowest BCUT2D eigenvalue weighted by Gasteiger charge is -2.62. The normalized spacial score (nSPS) is 48.9. The van der Waals surface area contributed by atoms with E-state index in [0.29, 0.717) is 39.3 Å². The van der Waals surface area contributed by atoms with Gasteiger partial charge in [-0.15, -0.1) is 0 Å². The fourth-order valence-electron chi connectivity index (χ4n) is 11.5. The molecular weight excluding hydrogens is 420 g/mol. The number of ether oxygens (including phenoxy) is 1. The fraction of sp³-hybridized carbons (Fsp3) is 0.968. The second-order valence-corrected chi connectivity index (χ2v) is 15.2. The van der Waals surface area contributed by atoms with Crippen LogP contribution in [0.15, 0.2) is 0 Å². The van der Waals surface area contributed by atoms with E-state index in [-0.39, 0.29) is 11.5 Å². The summed E-state index contributed by atoms with van der Waals surface area (Å²) in [6, 6.07) is 0. The molecule has 5 rings (SSSR count). The number of rotatable bonds is 6. The van der Waals surface area contributed by atoms with E-state index < -0.39 is 5.60 Å². The number of carbonyl (C=O) groups is 1. The molecule has 1 unspecified atom stereocenters. The summed E-state index contributed by atoms with van der Waals surface area (Å²) < 4.78 is 5.67. The first kappa shape index (κ1) is 25.2. The van der Waals surface area contributed by atoms with Crippen molar-refractivity contribution in [3.8, 4) is 0 Å². The number of hydrogen-bond acceptors (Lipinski definition) is 3. The number of Topliss-reactive ketones (excluding diaryl/α,β-unsaturated/α-hetero) is 1. The Kier molecular flexibility index (Phi) is 5.61. The molecule has 3 heteroatoms. The molecule has 0 aromatic carbocycles. The molecule has 0 bridgehead atoms. The molecule has 0 saturated heterocycles. The fourth-order valence-corrected chi connectivity index (χ4v) is 11.5. The number of fused-ring (bicyclic) bond motifs is 2. The Morgan fingerprint density at radius 3 is 2.24 bits per heavy atom. The van der Waals surface area contributed by atoms with Crippen LogP contribution in [0.5, 0.6) is 0 Å². The Balaban J connectivity index is 1.36. The molecule has 0 aromatic rings. The zero-order valence-electron chi connectivity index (χ0n) is 23.4. The highest BCUT2D eigenvalue weighted by Crippen LogP contribution is 2.88. The van der Waals surface area contributed by atoms with Gasteiger partial charge in [-0.2, -0.15) is 0 Å². The third-order valence-corrected chi connectivity index (χ3v) is 13.6. The molecule has 0 radical (unpaired) electrons. The molecule has 0 amide bonds. The molecule has 0 aliphatic heterocycles. The number of ketones is 1. The minimum absolute atomic E-state index is 0.0934. The number of methoxy groups -OCH3 is 1. The van der Waals surface area contributed by atoms with Gasteiger partial charge in [-0.05, 0) is 123 Å². The van der Waals surface area contributed by atoms with Crippen LogP contribution >= 0.6 is 0 Å². The van der Waals surface area contributed by atoms with Gasteiger partial charge in [0.05, 0.1) is 11.7 Å². The van der Waals surface area contributed by atoms with Crippen LogP contribution in [0.2, 0.25) is 0 Å². The van der Waals surface area contributed by atoms with E-state index in [0.717, 1.165) is 31.1 Å². The van der Waals surface area contributed by atoms with Gasteiger partial charge in [0.25, 0.3) is 0 Å². The maximum Gasteiger partial charge on any atom is 0.138 e. The van der Waals surface area contributed by atoms with E-state index in [1.54, 1.807) is 7.11 Å². The molecule has 0 aromatic heterocycles. The Bertz CT molecular complexity index is 840. The predicted octanol–water partition coefficient (Wildman–Crippen LogP) is 7.20. The lowest BCUT2D eigenvalue weighted by atomic mass is 9.42. The molecule has 5 saturated carbocycles. The van der Waals surface area contributed by atoms with Crippen LogP contribution in [0.25, 0.3) is 0 Å². The summed E-state index contributed by atoms with van der Waals surface area (Å²) in [6.45, 7) is 16.1. The molecule has 9 atom stereocenters. The van der Waals surface area contributed by atoms with Gasteiger partial charge in [0.15, 0.2) is 0 Å². The second kappa shape index (κ2) is 7.56. The number of hydrogen-bond donors (Lipinski definition) is 1. The third-order valence-electron chi connectivity index (χ3n) is 13.6. The van der Waals surface area contributed by atoms with E-state index in [1.165, 1.54) is 51.4 Å². The first-order chi connectivity index (χ1) is 15.7. The molecule has 5 fully saturated rings. The van der Waals surface area contributed by atoms with Crippen molar-refractivity contribution in [3.63, 3.8) is 0 Å². The van der Waals surface area contributed by atoms with E-state index in [1.807, 2.05) is 13.8 Å². The largest absolute Gasteiger partial charge is 0.388 e. The van der Waals surface area contributed by atoms with Crippen LogP contribution in [0.4, 0.5) is 0 Å². The molecule has 3 nitrogen and oxygen atoms in total. The molecule has 34 heavy (non-hydrogen) atoms. The zero-order chi connectivity index (χ0) is 24.9. The monoisotopic (exact) mass is 472 g/mol. The zero-order valence-corrected chi connectivity index (χ0v) is 23.4. The van der Waals surface area contributed by atoms with Gasteiger partial charge in [-0.1, -0.05) is 34.6 Å². The average Bonchev–Trinajstić information content (AvgIpc) is 3.33. The molecule has 194 valence electrons. The summed E-state index contributed by atoms with van der Waals surface area (Å²) in [5.74, 6) is 3.43. The van der Waals surface area contributed by atoms with Gasteiger partial charge in [-0.3, -0.25) is 4.79 Å². The Labute approximate surface area is 209 Å². The molecule has 5 aliphatic rings. The van der Waals surface area contributed by atoms with Crippen molar-refractivity contribution in [2.75, 3.05) is 7.11 Å². The van der Waals surface area contributed by atoms with Crippen LogP contribution in [0.1, 0.15) is 119 Å². The number of aliphatic hydroxyl groups is 1. The smallest absolute Gasteiger partial charge is 0.138 e. The van der Waals surface area contributed by atoms with Crippen molar-refractivity contribution in [2.45, 2.75) is 131 Å². The van der Waals surface area contributed by atoms with Gasteiger partial charge in [0.2, 0.25) is 0 Å². The lowest BCUT2D eigenvalue weighted by Crippen LogP contribution is -2.57. The highest BCUT2D eigenvalue weighted by atomic mass is 16.5. The summed E-state index contributed by atoms with van der Waals surface area (Å²) in [4.78, 5) is 12.9. The van der Waals surface area contributed by atoms with E-state index in [4.69, 9.17) is 4.74 Å². The molecular formula is C31H52O3. The van der Waals surface area contributed by atoms with E-state index in [2.05, 4.69) is 34.6 Å². The Hall–Kier alpha value is -0.410. The van der Waals surface area contributed by atoms with E-state index >= 15 is 0 Å². The van der Waals surface area contributed by atoms with Gasteiger partial charge < -0.3 is 9.84 Å². The summed E-state index contributed by atoms with van der Waals surface area (Å²) in [5, 5.41) is 10.5. The lowest BCUT2D eigenvalue weighted by molar-refractivity contribution is -0.157. The number of carbonyl (C=O) groups excluding carboxylic acids is 1. The first-order valence-electron chi connectivity index (χ1n) is 14.5. The van der Waals surface area contributed by atoms with Crippen LogP contribution in [0.3, 0.4) is 0 Å². The minimum atomic E-state index is -0.784. The van der Waals surface area contributed by atoms with Gasteiger partial charge >= 0.3 is 0 Å². The molecule has 1 N–H and O–H groups in total. The van der Waals surface area contributed by atoms with Crippen LogP contribution in [-0.2, 0) is 9.53 Å². The Morgan fingerprint density at radius 1 is 0.941 bits per heavy atom. The minimum Gasteiger partial charge on any atom is -0.388 e. The predicted molar refractivity (Wildman–Crippen MR) is 137 cm³/mol. The van der Waals surface area contributed by atoms with Gasteiger partial charge in [0.1, 0.15) is 5.78 Å². The van der Waals surface area contributed by atoms with Crippen LogP contribution < -0.4 is 0 Å². The van der Waals surface area contributed by atoms with Crippen molar-refractivity contribution in [2.24, 2.45) is 50.7 Å². The van der Waals surface area contributed by atoms with Crippen LogP contribution in [0, 0.1) is 50.7 Å². The van der Waals surface area contributed by atoms with Gasteiger partial charge in [0, 0.05) is 18.9 Å². The first-order valence-corrected chi connectivity index (χ1v) is 14.5. The summed E-state index contributed by atoms with van der Waals surface area (Å²) >= 11 is 0. The summed E-state index contributed by atoms with van der Waals surface area (Å²) in [7, 11) is 1.74. The van der Waals surface area contributed by atoms with Crippen molar-refractivity contribution >= 4 is 5.78 Å². The van der Waals surface area contributed by atoms with Crippen molar-refractivity contribution in [3.05, 3.63) is 0 Å². The summed E-state index contributed by atoms with van der Waals surface area (Å²) in [6.07, 6.45) is 13.5. The SMILES string of the molecule is COC(CC[C@@H](C)[C@H]1CC[C@@]2(C)[C@@H]3CC[C@H]4C(C)(C)C(=O)CC[C@@]45C[C@@]35CC[C@]12C)C(C)(C)O. The van der Waals surface area contributed by atoms with E-state index in [9.17, 15) is 9.90 Å².